The Hall–Kier alpha value is -4.58. The molecule has 264 valence electrons. The first-order valence-corrected chi connectivity index (χ1v) is 17.8. The summed E-state index contributed by atoms with van der Waals surface area (Å²) in [7, 11) is 0. The molecule has 1 heterocycles. The van der Waals surface area contributed by atoms with Crippen molar-refractivity contribution in [2.24, 2.45) is 17.6 Å². The van der Waals surface area contributed by atoms with Crippen LogP contribution in [0.2, 0.25) is 5.28 Å². The van der Waals surface area contributed by atoms with E-state index in [0.717, 1.165) is 67.6 Å². The van der Waals surface area contributed by atoms with Gasteiger partial charge in [-0.1, -0.05) is 50.2 Å². The van der Waals surface area contributed by atoms with Crippen LogP contribution in [0.25, 0.3) is 22.5 Å². The van der Waals surface area contributed by atoms with Gasteiger partial charge in [-0.25, -0.2) is 5.10 Å². The second-order valence-electron chi connectivity index (χ2n) is 12.8. The molecule has 1 saturated carbocycles. The third-order valence-corrected chi connectivity index (χ3v) is 9.65. The number of nitrogens with two attached hydrogens (primary N) is 1. The summed E-state index contributed by atoms with van der Waals surface area (Å²) in [5, 5.41) is 15.9. The first-order valence-electron chi connectivity index (χ1n) is 17.5. The number of amides is 3. The normalized spacial score (nSPS) is 16.5. The summed E-state index contributed by atoms with van der Waals surface area (Å²) < 4.78 is 0. The Morgan fingerprint density at radius 1 is 0.940 bits per heavy atom. The molecular formula is C38H47ClN8O3. The van der Waals surface area contributed by atoms with Crippen molar-refractivity contribution in [1.29, 1.82) is 0 Å². The number of nitrogens with zero attached hydrogens (tertiary/aromatic N) is 3. The van der Waals surface area contributed by atoms with E-state index in [4.69, 9.17) is 17.3 Å². The lowest BCUT2D eigenvalue weighted by Gasteiger charge is -2.28. The molecule has 50 heavy (non-hydrogen) atoms. The van der Waals surface area contributed by atoms with Gasteiger partial charge >= 0.3 is 0 Å². The molecular weight excluding hydrogens is 652 g/mol. The molecule has 12 heteroatoms. The predicted molar refractivity (Wildman–Crippen MR) is 198 cm³/mol. The summed E-state index contributed by atoms with van der Waals surface area (Å²) in [6.45, 7) is 8.09. The van der Waals surface area contributed by atoms with Crippen LogP contribution in [-0.2, 0) is 16.0 Å². The first kappa shape index (κ1) is 36.7. The molecule has 1 aliphatic carbocycles. The van der Waals surface area contributed by atoms with Crippen LogP contribution in [0.4, 0.5) is 5.69 Å². The quantitative estimate of drug-likeness (QED) is 0.113. The van der Waals surface area contributed by atoms with Gasteiger partial charge in [-0.2, -0.15) is 10.1 Å². The van der Waals surface area contributed by atoms with Crippen LogP contribution in [-0.4, -0.2) is 76.6 Å². The summed E-state index contributed by atoms with van der Waals surface area (Å²) in [6.07, 6.45) is 3.60. The SMILES string of the molecule is CCN(CC)CCNC(=O)c1cccc(-c2cccc(C[C@H](NC(=O)C3CCC(CN)CC3)C(=O)Nc3ccc(-c4n[nH]c(Cl)n4)cc3)c2)c1. The van der Waals surface area contributed by atoms with Gasteiger partial charge in [-0.15, -0.1) is 0 Å². The zero-order chi connectivity index (χ0) is 35.5. The molecule has 0 unspecified atom stereocenters. The highest BCUT2D eigenvalue weighted by molar-refractivity contribution is 6.28. The Kier molecular flexibility index (Phi) is 13.1. The van der Waals surface area contributed by atoms with Crippen molar-refractivity contribution < 1.29 is 14.4 Å². The van der Waals surface area contributed by atoms with E-state index in [0.29, 0.717) is 36.1 Å². The van der Waals surface area contributed by atoms with Crippen molar-refractivity contribution in [1.82, 2.24) is 30.7 Å². The summed E-state index contributed by atoms with van der Waals surface area (Å²) >= 11 is 5.88. The Bertz CT molecular complexity index is 1730. The summed E-state index contributed by atoms with van der Waals surface area (Å²) in [4.78, 5) is 46.6. The highest BCUT2D eigenvalue weighted by atomic mass is 35.5. The fraction of sp³-hybridized carbons (Fsp3) is 0.395. The van der Waals surface area contributed by atoms with Gasteiger partial charge in [-0.3, -0.25) is 14.4 Å². The molecule has 1 aliphatic rings. The Morgan fingerprint density at radius 3 is 2.30 bits per heavy atom. The second kappa shape index (κ2) is 17.9. The van der Waals surface area contributed by atoms with Crippen LogP contribution in [0.15, 0.2) is 72.8 Å². The number of rotatable bonds is 15. The number of anilines is 1. The molecule has 0 bridgehead atoms. The fourth-order valence-corrected chi connectivity index (χ4v) is 6.51. The smallest absolute Gasteiger partial charge is 0.251 e. The van der Waals surface area contributed by atoms with Crippen molar-refractivity contribution in [2.75, 3.05) is 38.0 Å². The summed E-state index contributed by atoms with van der Waals surface area (Å²) in [5.41, 5.74) is 10.4. The molecule has 0 radical (unpaired) electrons. The number of hydrogen-bond donors (Lipinski definition) is 5. The Balaban J connectivity index is 1.30. The minimum Gasteiger partial charge on any atom is -0.351 e. The number of benzene rings is 3. The van der Waals surface area contributed by atoms with Gasteiger partial charge in [0.2, 0.25) is 17.1 Å². The van der Waals surface area contributed by atoms with Crippen molar-refractivity contribution in [3.8, 4) is 22.5 Å². The molecule has 6 N–H and O–H groups in total. The summed E-state index contributed by atoms with van der Waals surface area (Å²) in [5.74, 6) is 0.169. The number of nitrogens with one attached hydrogen (secondary N) is 4. The summed E-state index contributed by atoms with van der Waals surface area (Å²) in [6, 6.07) is 21.7. The maximum atomic E-state index is 13.8. The van der Waals surface area contributed by atoms with E-state index in [1.165, 1.54) is 0 Å². The number of halogens is 1. The zero-order valence-electron chi connectivity index (χ0n) is 28.8. The van der Waals surface area contributed by atoms with Crippen molar-refractivity contribution in [2.45, 2.75) is 52.0 Å². The van der Waals surface area contributed by atoms with E-state index >= 15 is 0 Å². The van der Waals surface area contributed by atoms with Crippen LogP contribution >= 0.6 is 11.6 Å². The number of H-pyrrole nitrogens is 1. The molecule has 0 aliphatic heterocycles. The lowest BCUT2D eigenvalue weighted by molar-refractivity contribution is -0.130. The molecule has 4 aromatic rings. The standard InChI is InChI=1S/C38H47ClN8O3/c1-3-47(4-2)20-19-41-35(48)31-10-6-9-30(23-31)29-8-5-7-26(21-29)22-33(43-36(49)28-13-11-25(24-40)12-14-28)37(50)42-32-17-15-27(16-18-32)34-44-38(39)46-45-34/h5-10,15-18,21,23,25,28,33H,3-4,11-14,19-20,22,24,40H2,1-2H3,(H,41,48)(H,42,50)(H,43,49)(H,44,45,46)/t25?,28?,33-/m0/s1. The predicted octanol–water partition coefficient (Wildman–Crippen LogP) is 5.29. The lowest BCUT2D eigenvalue weighted by atomic mass is 9.81. The van der Waals surface area contributed by atoms with Crippen molar-refractivity contribution in [3.63, 3.8) is 0 Å². The number of aromatic amines is 1. The molecule has 3 amide bonds. The van der Waals surface area contributed by atoms with E-state index in [9.17, 15) is 14.4 Å². The minimum absolute atomic E-state index is 0.117. The van der Waals surface area contributed by atoms with E-state index in [-0.39, 0.29) is 35.3 Å². The van der Waals surface area contributed by atoms with E-state index < -0.39 is 6.04 Å². The topological polar surface area (TPSA) is 158 Å². The van der Waals surface area contributed by atoms with Gasteiger partial charge in [0.25, 0.3) is 5.91 Å². The van der Waals surface area contributed by atoms with Crippen LogP contribution < -0.4 is 21.7 Å². The van der Waals surface area contributed by atoms with Gasteiger partial charge in [0, 0.05) is 42.2 Å². The largest absolute Gasteiger partial charge is 0.351 e. The average Bonchev–Trinajstić information content (AvgIpc) is 3.59. The monoisotopic (exact) mass is 698 g/mol. The lowest BCUT2D eigenvalue weighted by Crippen LogP contribution is -2.48. The maximum Gasteiger partial charge on any atom is 0.251 e. The van der Waals surface area contributed by atoms with Crippen molar-refractivity contribution in [3.05, 3.63) is 89.2 Å². The highest BCUT2D eigenvalue weighted by Crippen LogP contribution is 2.29. The van der Waals surface area contributed by atoms with Crippen LogP contribution in [0.1, 0.15) is 55.5 Å². The maximum absolute atomic E-state index is 13.8. The van der Waals surface area contributed by atoms with Crippen LogP contribution in [0.3, 0.4) is 0 Å². The number of carbonyl (C=O) groups is 3. The zero-order valence-corrected chi connectivity index (χ0v) is 29.5. The Morgan fingerprint density at radius 2 is 1.64 bits per heavy atom. The third kappa shape index (κ3) is 9.99. The number of hydrogen-bond acceptors (Lipinski definition) is 7. The first-order chi connectivity index (χ1) is 24.3. The second-order valence-corrected chi connectivity index (χ2v) is 13.2. The van der Waals surface area contributed by atoms with E-state index in [2.05, 4.69) is 49.9 Å². The third-order valence-electron chi connectivity index (χ3n) is 9.49. The van der Waals surface area contributed by atoms with Gasteiger partial charge in [-0.05, 0) is 116 Å². The molecule has 1 fully saturated rings. The number of likely N-dealkylation sites (N-methyl/N-ethyl adjacent to an activating group) is 1. The average molecular weight is 699 g/mol. The van der Waals surface area contributed by atoms with E-state index in [1.807, 2.05) is 48.5 Å². The molecule has 1 atom stereocenters. The molecule has 3 aromatic carbocycles. The fourth-order valence-electron chi connectivity index (χ4n) is 6.39. The molecule has 0 saturated heterocycles. The van der Waals surface area contributed by atoms with Gasteiger partial charge in [0.15, 0.2) is 5.82 Å². The highest BCUT2D eigenvalue weighted by Gasteiger charge is 2.29. The molecule has 11 nitrogen and oxygen atoms in total. The molecule has 1 aromatic heterocycles. The number of carbonyl (C=O) groups excluding carboxylic acids is 3. The number of aromatic nitrogens is 3. The van der Waals surface area contributed by atoms with Gasteiger partial charge in [0.05, 0.1) is 0 Å². The molecule has 5 rings (SSSR count). The van der Waals surface area contributed by atoms with Crippen LogP contribution in [0, 0.1) is 11.8 Å². The Labute approximate surface area is 298 Å². The van der Waals surface area contributed by atoms with Gasteiger partial charge in [0.1, 0.15) is 6.04 Å². The van der Waals surface area contributed by atoms with Gasteiger partial charge < -0.3 is 26.6 Å². The van der Waals surface area contributed by atoms with E-state index in [1.54, 1.807) is 24.3 Å². The van der Waals surface area contributed by atoms with Crippen molar-refractivity contribution >= 4 is 35.0 Å². The molecule has 0 spiro atoms. The minimum atomic E-state index is -0.820. The van der Waals surface area contributed by atoms with Crippen LogP contribution in [0.5, 0.6) is 0 Å².